The number of Topliss-reactive ketones (excluding diaryl/α,β-unsaturated/α-hetero) is 1. The standard InChI is InChI=1S/C13H16O3/c1-8(14)9-4-5-10-11(15)7-13(2,3)16-12(10)6-9/h4-6,8,14H,7H2,1-3H3. The smallest absolute Gasteiger partial charge is 0.170 e. The molecule has 0 bridgehead atoms. The highest BCUT2D eigenvalue weighted by molar-refractivity contribution is 6.00. The van der Waals surface area contributed by atoms with Crippen LogP contribution in [-0.4, -0.2) is 16.5 Å². The molecule has 2 rings (SSSR count). The minimum atomic E-state index is -0.547. The normalized spacial score (nSPS) is 19.9. The Morgan fingerprint density at radius 1 is 1.44 bits per heavy atom. The lowest BCUT2D eigenvalue weighted by Crippen LogP contribution is -2.35. The summed E-state index contributed by atoms with van der Waals surface area (Å²) in [6, 6.07) is 5.25. The van der Waals surface area contributed by atoms with Crippen molar-refractivity contribution in [3.8, 4) is 5.75 Å². The van der Waals surface area contributed by atoms with E-state index in [4.69, 9.17) is 4.74 Å². The van der Waals surface area contributed by atoms with Gasteiger partial charge in [-0.05, 0) is 38.5 Å². The van der Waals surface area contributed by atoms with Crippen LogP contribution in [0.4, 0.5) is 0 Å². The number of aliphatic hydroxyl groups is 1. The SMILES string of the molecule is CC(O)c1ccc2c(c1)OC(C)(C)CC2=O. The van der Waals surface area contributed by atoms with E-state index in [1.807, 2.05) is 13.8 Å². The Balaban J connectivity index is 2.46. The molecule has 1 unspecified atom stereocenters. The third-order valence-electron chi connectivity index (χ3n) is 2.76. The van der Waals surface area contributed by atoms with Crippen LogP contribution >= 0.6 is 0 Å². The summed E-state index contributed by atoms with van der Waals surface area (Å²) < 4.78 is 5.75. The van der Waals surface area contributed by atoms with Gasteiger partial charge in [0.15, 0.2) is 5.78 Å². The van der Waals surface area contributed by atoms with Crippen molar-refractivity contribution in [2.75, 3.05) is 0 Å². The van der Waals surface area contributed by atoms with Gasteiger partial charge >= 0.3 is 0 Å². The molecule has 1 atom stereocenters. The molecule has 0 fully saturated rings. The largest absolute Gasteiger partial charge is 0.487 e. The zero-order chi connectivity index (χ0) is 11.9. The molecule has 3 heteroatoms. The van der Waals surface area contributed by atoms with Gasteiger partial charge in [0.2, 0.25) is 0 Å². The van der Waals surface area contributed by atoms with Gasteiger partial charge < -0.3 is 9.84 Å². The molecule has 1 aliphatic heterocycles. The van der Waals surface area contributed by atoms with Gasteiger partial charge in [-0.1, -0.05) is 6.07 Å². The van der Waals surface area contributed by atoms with E-state index in [0.29, 0.717) is 17.7 Å². The number of ketones is 1. The van der Waals surface area contributed by atoms with Crippen LogP contribution in [0.25, 0.3) is 0 Å². The summed E-state index contributed by atoms with van der Waals surface area (Å²) >= 11 is 0. The molecule has 0 aromatic heterocycles. The first kappa shape index (κ1) is 11.1. The molecule has 0 radical (unpaired) electrons. The molecule has 0 saturated carbocycles. The topological polar surface area (TPSA) is 46.5 Å². The van der Waals surface area contributed by atoms with Crippen LogP contribution in [0.2, 0.25) is 0 Å². The van der Waals surface area contributed by atoms with E-state index in [-0.39, 0.29) is 5.78 Å². The molecular weight excluding hydrogens is 204 g/mol. The van der Waals surface area contributed by atoms with E-state index < -0.39 is 11.7 Å². The number of aliphatic hydroxyl groups excluding tert-OH is 1. The lowest BCUT2D eigenvalue weighted by Gasteiger charge is -2.31. The summed E-state index contributed by atoms with van der Waals surface area (Å²) in [6.45, 7) is 5.48. The Kier molecular flexibility index (Phi) is 2.50. The summed E-state index contributed by atoms with van der Waals surface area (Å²) in [5.74, 6) is 0.683. The van der Waals surface area contributed by atoms with Crippen LogP contribution < -0.4 is 4.74 Å². The van der Waals surface area contributed by atoms with E-state index in [1.165, 1.54) is 0 Å². The summed E-state index contributed by atoms with van der Waals surface area (Å²) in [5.41, 5.74) is 0.925. The monoisotopic (exact) mass is 220 g/mol. The van der Waals surface area contributed by atoms with Gasteiger partial charge in [-0.2, -0.15) is 0 Å². The number of carbonyl (C=O) groups is 1. The predicted molar refractivity (Wildman–Crippen MR) is 60.7 cm³/mol. The maximum absolute atomic E-state index is 11.8. The average Bonchev–Trinajstić information content (AvgIpc) is 2.14. The predicted octanol–water partition coefficient (Wildman–Crippen LogP) is 2.48. The second-order valence-electron chi connectivity index (χ2n) is 4.89. The van der Waals surface area contributed by atoms with E-state index in [9.17, 15) is 9.90 Å². The molecule has 1 aromatic carbocycles. The fraction of sp³-hybridized carbons (Fsp3) is 0.462. The van der Waals surface area contributed by atoms with Gasteiger partial charge in [0.1, 0.15) is 11.4 Å². The summed E-state index contributed by atoms with van der Waals surface area (Å²) in [5, 5.41) is 9.48. The molecule has 1 aliphatic rings. The van der Waals surface area contributed by atoms with Crippen molar-refractivity contribution in [2.45, 2.75) is 38.9 Å². The lowest BCUT2D eigenvalue weighted by atomic mass is 9.92. The van der Waals surface area contributed by atoms with E-state index in [1.54, 1.807) is 25.1 Å². The van der Waals surface area contributed by atoms with Crippen molar-refractivity contribution in [2.24, 2.45) is 0 Å². The number of rotatable bonds is 1. The number of hydrogen-bond donors (Lipinski definition) is 1. The molecule has 1 aromatic rings. The highest BCUT2D eigenvalue weighted by Gasteiger charge is 2.32. The third kappa shape index (κ3) is 1.95. The Morgan fingerprint density at radius 3 is 2.75 bits per heavy atom. The van der Waals surface area contributed by atoms with Crippen LogP contribution in [0.3, 0.4) is 0 Å². The van der Waals surface area contributed by atoms with Crippen molar-refractivity contribution < 1.29 is 14.6 Å². The van der Waals surface area contributed by atoms with E-state index in [0.717, 1.165) is 5.56 Å². The number of hydrogen-bond acceptors (Lipinski definition) is 3. The zero-order valence-electron chi connectivity index (χ0n) is 9.78. The lowest BCUT2D eigenvalue weighted by molar-refractivity contribution is 0.0617. The first-order chi connectivity index (χ1) is 7.39. The average molecular weight is 220 g/mol. The number of benzene rings is 1. The number of carbonyl (C=O) groups excluding carboxylic acids is 1. The summed E-state index contributed by atoms with van der Waals surface area (Å²) in [6.07, 6.45) is -0.150. The molecule has 0 aliphatic carbocycles. The van der Waals surface area contributed by atoms with Gasteiger partial charge in [-0.15, -0.1) is 0 Å². The van der Waals surface area contributed by atoms with Crippen LogP contribution in [-0.2, 0) is 0 Å². The van der Waals surface area contributed by atoms with Crippen LogP contribution in [0.15, 0.2) is 18.2 Å². The molecule has 1 heterocycles. The second kappa shape index (κ2) is 3.59. The molecular formula is C13H16O3. The highest BCUT2D eigenvalue weighted by atomic mass is 16.5. The molecule has 0 spiro atoms. The van der Waals surface area contributed by atoms with Gasteiger partial charge in [-0.3, -0.25) is 4.79 Å². The van der Waals surface area contributed by atoms with Crippen molar-refractivity contribution in [3.63, 3.8) is 0 Å². The van der Waals surface area contributed by atoms with Gasteiger partial charge in [0, 0.05) is 0 Å². The van der Waals surface area contributed by atoms with Crippen molar-refractivity contribution >= 4 is 5.78 Å². The highest BCUT2D eigenvalue weighted by Crippen LogP contribution is 2.34. The molecule has 16 heavy (non-hydrogen) atoms. The van der Waals surface area contributed by atoms with Crippen LogP contribution in [0.5, 0.6) is 5.75 Å². The number of ether oxygens (including phenoxy) is 1. The van der Waals surface area contributed by atoms with E-state index >= 15 is 0 Å². The van der Waals surface area contributed by atoms with Gasteiger partial charge in [0.05, 0.1) is 18.1 Å². The molecule has 0 amide bonds. The van der Waals surface area contributed by atoms with Gasteiger partial charge in [0.25, 0.3) is 0 Å². The summed E-state index contributed by atoms with van der Waals surface area (Å²) in [7, 11) is 0. The van der Waals surface area contributed by atoms with Crippen molar-refractivity contribution in [1.29, 1.82) is 0 Å². The minimum absolute atomic E-state index is 0.100. The molecule has 0 saturated heterocycles. The molecule has 3 nitrogen and oxygen atoms in total. The van der Waals surface area contributed by atoms with Crippen molar-refractivity contribution in [1.82, 2.24) is 0 Å². The molecule has 1 N–H and O–H groups in total. The number of fused-ring (bicyclic) bond motifs is 1. The minimum Gasteiger partial charge on any atom is -0.487 e. The second-order valence-corrected chi connectivity index (χ2v) is 4.89. The fourth-order valence-electron chi connectivity index (χ4n) is 1.93. The Morgan fingerprint density at radius 2 is 2.12 bits per heavy atom. The maximum Gasteiger partial charge on any atom is 0.170 e. The Hall–Kier alpha value is -1.35. The Bertz CT molecular complexity index is 433. The van der Waals surface area contributed by atoms with Crippen LogP contribution in [0, 0.1) is 0 Å². The van der Waals surface area contributed by atoms with Gasteiger partial charge in [-0.25, -0.2) is 0 Å². The summed E-state index contributed by atoms with van der Waals surface area (Å²) in [4.78, 5) is 11.8. The third-order valence-corrected chi connectivity index (χ3v) is 2.76. The molecule has 86 valence electrons. The fourth-order valence-corrected chi connectivity index (χ4v) is 1.93. The van der Waals surface area contributed by atoms with Crippen LogP contribution in [0.1, 0.15) is 49.2 Å². The maximum atomic E-state index is 11.8. The first-order valence-electron chi connectivity index (χ1n) is 5.43. The van der Waals surface area contributed by atoms with E-state index in [2.05, 4.69) is 0 Å². The quantitative estimate of drug-likeness (QED) is 0.790. The Labute approximate surface area is 95.0 Å². The zero-order valence-corrected chi connectivity index (χ0v) is 9.78. The first-order valence-corrected chi connectivity index (χ1v) is 5.43. The van der Waals surface area contributed by atoms with Crippen molar-refractivity contribution in [3.05, 3.63) is 29.3 Å².